The predicted octanol–water partition coefficient (Wildman–Crippen LogP) is 3.91. The van der Waals surface area contributed by atoms with Crippen LogP contribution in [0.15, 0.2) is 30.3 Å². The highest BCUT2D eigenvalue weighted by molar-refractivity contribution is 5.85. The molecule has 2 aromatic rings. The first kappa shape index (κ1) is 21.2. The average molecular weight is 397 g/mol. The number of para-hydroxylation sites is 1. The molecule has 4 nitrogen and oxygen atoms in total. The van der Waals surface area contributed by atoms with Crippen LogP contribution >= 0.6 is 24.8 Å². The molecule has 2 fully saturated rings. The molecular formula is C20H30Cl2N4. The largest absolute Gasteiger partial charge is 0.314 e. The van der Waals surface area contributed by atoms with Gasteiger partial charge < -0.3 is 5.32 Å². The minimum atomic E-state index is 0. The molecule has 0 radical (unpaired) electrons. The Morgan fingerprint density at radius 1 is 1.12 bits per heavy atom. The van der Waals surface area contributed by atoms with Gasteiger partial charge in [0, 0.05) is 30.4 Å². The van der Waals surface area contributed by atoms with Gasteiger partial charge in [-0.25, -0.2) is 4.68 Å². The Bertz CT molecular complexity index is 701. The first-order valence-electron chi connectivity index (χ1n) is 9.28. The zero-order chi connectivity index (χ0) is 16.5. The van der Waals surface area contributed by atoms with Crippen LogP contribution in [0.2, 0.25) is 0 Å². The van der Waals surface area contributed by atoms with E-state index in [9.17, 15) is 0 Å². The third-order valence-electron chi connectivity index (χ3n) is 5.80. The highest BCUT2D eigenvalue weighted by Gasteiger charge is 2.31. The number of aromatic nitrogens is 2. The van der Waals surface area contributed by atoms with Gasteiger partial charge in [0.1, 0.15) is 0 Å². The number of rotatable bonds is 3. The van der Waals surface area contributed by atoms with E-state index < -0.39 is 0 Å². The molecule has 0 unspecified atom stereocenters. The Kier molecular flexibility index (Phi) is 7.53. The van der Waals surface area contributed by atoms with E-state index in [1.165, 1.54) is 55.8 Å². The van der Waals surface area contributed by atoms with E-state index in [1.807, 2.05) is 0 Å². The van der Waals surface area contributed by atoms with Crippen LogP contribution in [0.5, 0.6) is 0 Å². The van der Waals surface area contributed by atoms with E-state index in [0.29, 0.717) is 0 Å². The summed E-state index contributed by atoms with van der Waals surface area (Å²) < 4.78 is 2.10. The highest BCUT2D eigenvalue weighted by Crippen LogP contribution is 2.27. The first-order chi connectivity index (χ1) is 11.7. The van der Waals surface area contributed by atoms with Crippen molar-refractivity contribution in [1.29, 1.82) is 0 Å². The maximum absolute atomic E-state index is 4.81. The second kappa shape index (κ2) is 9.23. The molecule has 3 heterocycles. The van der Waals surface area contributed by atoms with Crippen molar-refractivity contribution >= 4 is 24.8 Å². The standard InChI is InChI=1S/C20H28N4.2ClH/c1-15-19(16(2)24(22-15)18-8-4-3-5-9-18)14-23-12-10-20-17(13-23)7-6-11-21-20;;/h3-5,8-9,17,20-21H,6-7,10-14H2,1-2H3;2*1H/t17-,20+;;/m1../s1. The van der Waals surface area contributed by atoms with Crippen molar-refractivity contribution in [3.05, 3.63) is 47.3 Å². The maximum atomic E-state index is 4.81. The first-order valence-corrected chi connectivity index (χ1v) is 9.28. The molecule has 0 amide bonds. The van der Waals surface area contributed by atoms with Gasteiger partial charge in [0.25, 0.3) is 0 Å². The van der Waals surface area contributed by atoms with Crippen LogP contribution in [-0.4, -0.2) is 40.4 Å². The summed E-state index contributed by atoms with van der Waals surface area (Å²) in [5.41, 5.74) is 5.00. The summed E-state index contributed by atoms with van der Waals surface area (Å²) in [5, 5.41) is 8.52. The van der Waals surface area contributed by atoms with Gasteiger partial charge in [-0.15, -0.1) is 24.8 Å². The summed E-state index contributed by atoms with van der Waals surface area (Å²) in [7, 11) is 0. The molecule has 26 heavy (non-hydrogen) atoms. The summed E-state index contributed by atoms with van der Waals surface area (Å²) >= 11 is 0. The number of hydrogen-bond acceptors (Lipinski definition) is 3. The lowest BCUT2D eigenvalue weighted by atomic mass is 9.85. The fraction of sp³-hybridized carbons (Fsp3) is 0.550. The summed E-state index contributed by atoms with van der Waals surface area (Å²) in [6.45, 7) is 9.03. The number of fused-ring (bicyclic) bond motifs is 1. The van der Waals surface area contributed by atoms with Crippen molar-refractivity contribution in [2.75, 3.05) is 19.6 Å². The van der Waals surface area contributed by atoms with Crippen molar-refractivity contribution in [1.82, 2.24) is 20.0 Å². The zero-order valence-electron chi connectivity index (χ0n) is 15.6. The monoisotopic (exact) mass is 396 g/mol. The number of aryl methyl sites for hydroxylation is 1. The maximum Gasteiger partial charge on any atom is 0.0648 e. The second-order valence-corrected chi connectivity index (χ2v) is 7.38. The number of likely N-dealkylation sites (tertiary alicyclic amines) is 1. The number of nitrogens with one attached hydrogen (secondary N) is 1. The molecular weight excluding hydrogens is 367 g/mol. The third kappa shape index (κ3) is 4.25. The van der Waals surface area contributed by atoms with Gasteiger partial charge in [0.15, 0.2) is 0 Å². The average Bonchev–Trinajstić information content (AvgIpc) is 2.90. The molecule has 2 aliphatic heterocycles. The van der Waals surface area contributed by atoms with Gasteiger partial charge >= 0.3 is 0 Å². The Hall–Kier alpha value is -1.07. The van der Waals surface area contributed by atoms with Crippen LogP contribution in [0, 0.1) is 19.8 Å². The Morgan fingerprint density at radius 2 is 1.88 bits per heavy atom. The molecule has 1 aromatic heterocycles. The van der Waals surface area contributed by atoms with Crippen molar-refractivity contribution in [3.8, 4) is 5.69 Å². The van der Waals surface area contributed by atoms with Crippen molar-refractivity contribution < 1.29 is 0 Å². The van der Waals surface area contributed by atoms with E-state index in [-0.39, 0.29) is 24.8 Å². The minimum absolute atomic E-state index is 0. The van der Waals surface area contributed by atoms with Crippen molar-refractivity contribution in [2.24, 2.45) is 5.92 Å². The van der Waals surface area contributed by atoms with Crippen LogP contribution in [0.25, 0.3) is 5.69 Å². The van der Waals surface area contributed by atoms with Gasteiger partial charge in [-0.1, -0.05) is 18.2 Å². The van der Waals surface area contributed by atoms with E-state index in [1.54, 1.807) is 0 Å². The normalized spacial score (nSPS) is 22.8. The van der Waals surface area contributed by atoms with Gasteiger partial charge in [-0.2, -0.15) is 5.10 Å². The fourth-order valence-electron chi connectivity index (χ4n) is 4.41. The predicted molar refractivity (Wildman–Crippen MR) is 112 cm³/mol. The van der Waals surface area contributed by atoms with Gasteiger partial charge in [-0.3, -0.25) is 4.90 Å². The lowest BCUT2D eigenvalue weighted by molar-refractivity contribution is 0.108. The molecule has 144 valence electrons. The van der Waals surface area contributed by atoms with E-state index in [2.05, 4.69) is 59.1 Å². The molecule has 1 aromatic carbocycles. The Morgan fingerprint density at radius 3 is 2.65 bits per heavy atom. The molecule has 0 spiro atoms. The van der Waals surface area contributed by atoms with Crippen molar-refractivity contribution in [2.45, 2.75) is 45.7 Å². The Balaban J connectivity index is 0.00000121. The zero-order valence-corrected chi connectivity index (χ0v) is 17.3. The smallest absolute Gasteiger partial charge is 0.0648 e. The summed E-state index contributed by atoms with van der Waals surface area (Å²) in [4.78, 5) is 2.64. The summed E-state index contributed by atoms with van der Waals surface area (Å²) in [6, 6.07) is 11.2. The van der Waals surface area contributed by atoms with Crippen molar-refractivity contribution in [3.63, 3.8) is 0 Å². The van der Waals surface area contributed by atoms with Gasteiger partial charge in [0.2, 0.25) is 0 Å². The summed E-state index contributed by atoms with van der Waals surface area (Å²) in [6.07, 6.45) is 4.00. The van der Waals surface area contributed by atoms with E-state index >= 15 is 0 Å². The molecule has 0 saturated carbocycles. The fourth-order valence-corrected chi connectivity index (χ4v) is 4.41. The van der Waals surface area contributed by atoms with E-state index in [4.69, 9.17) is 5.10 Å². The minimum Gasteiger partial charge on any atom is -0.314 e. The molecule has 4 rings (SSSR count). The molecule has 0 bridgehead atoms. The van der Waals surface area contributed by atoms with E-state index in [0.717, 1.165) is 24.2 Å². The molecule has 1 N–H and O–H groups in total. The molecule has 2 saturated heterocycles. The van der Waals surface area contributed by atoms with Gasteiger partial charge in [0.05, 0.1) is 11.4 Å². The lowest BCUT2D eigenvalue weighted by Crippen LogP contribution is -2.51. The van der Waals surface area contributed by atoms with Crippen LogP contribution in [0.3, 0.4) is 0 Å². The van der Waals surface area contributed by atoms with Crippen LogP contribution in [0.1, 0.15) is 36.2 Å². The highest BCUT2D eigenvalue weighted by atomic mass is 35.5. The quantitative estimate of drug-likeness (QED) is 0.853. The number of piperidine rings is 2. The number of benzene rings is 1. The number of hydrogen-bond donors (Lipinski definition) is 1. The lowest BCUT2D eigenvalue weighted by Gasteiger charge is -2.41. The number of halogens is 2. The molecule has 2 aliphatic rings. The molecule has 6 heteroatoms. The topological polar surface area (TPSA) is 33.1 Å². The van der Waals surface area contributed by atoms with Crippen LogP contribution in [-0.2, 0) is 6.54 Å². The number of nitrogens with zero attached hydrogens (tertiary/aromatic N) is 3. The third-order valence-corrected chi connectivity index (χ3v) is 5.80. The van der Waals surface area contributed by atoms with Gasteiger partial charge in [-0.05, 0) is 64.3 Å². The Labute approximate surface area is 169 Å². The second-order valence-electron chi connectivity index (χ2n) is 7.38. The summed E-state index contributed by atoms with van der Waals surface area (Å²) in [5.74, 6) is 0.831. The van der Waals surface area contributed by atoms with Crippen LogP contribution < -0.4 is 5.32 Å². The SMILES string of the molecule is Cc1nn(-c2ccccc2)c(C)c1CN1CC[C@@H]2NCCC[C@@H]2C1.Cl.Cl. The molecule has 2 atom stereocenters. The van der Waals surface area contributed by atoms with Crippen LogP contribution in [0.4, 0.5) is 0 Å². The molecule has 0 aliphatic carbocycles.